The molecule has 0 spiro atoms. The first-order chi connectivity index (χ1) is 11.8. The van der Waals surface area contributed by atoms with E-state index in [4.69, 9.17) is 4.42 Å². The minimum absolute atomic E-state index is 0. The third-order valence-electron chi connectivity index (χ3n) is 3.17. The average Bonchev–Trinajstić information content (AvgIpc) is 3.28. The van der Waals surface area contributed by atoms with Gasteiger partial charge < -0.3 is 20.4 Å². The first-order valence-electron chi connectivity index (χ1n) is 8.11. The highest BCUT2D eigenvalue weighted by molar-refractivity contribution is 14.0. The van der Waals surface area contributed by atoms with Crippen LogP contribution in [0.2, 0.25) is 0 Å². The number of nitrogens with one attached hydrogen (secondary N) is 3. The highest BCUT2D eigenvalue weighted by atomic mass is 127. The molecule has 2 aromatic rings. The predicted molar refractivity (Wildman–Crippen MR) is 107 cm³/mol. The van der Waals surface area contributed by atoms with Crippen molar-refractivity contribution in [3.05, 3.63) is 42.6 Å². The van der Waals surface area contributed by atoms with Crippen molar-refractivity contribution < 1.29 is 9.21 Å². The van der Waals surface area contributed by atoms with E-state index in [2.05, 4.69) is 26.0 Å². The maximum absolute atomic E-state index is 11.7. The van der Waals surface area contributed by atoms with Crippen LogP contribution in [0.4, 0.5) is 0 Å². The number of nitrogens with zero attached hydrogens (tertiary/aromatic N) is 3. The fourth-order valence-electron chi connectivity index (χ4n) is 2.05. The molecule has 25 heavy (non-hydrogen) atoms. The van der Waals surface area contributed by atoms with Crippen LogP contribution in [0.25, 0.3) is 0 Å². The maximum Gasteiger partial charge on any atom is 0.287 e. The van der Waals surface area contributed by atoms with Gasteiger partial charge in [0.15, 0.2) is 11.7 Å². The lowest BCUT2D eigenvalue weighted by Gasteiger charge is -2.11. The smallest absolute Gasteiger partial charge is 0.287 e. The summed E-state index contributed by atoms with van der Waals surface area (Å²) < 4.78 is 6.92. The number of carbonyl (C=O) groups excluding carboxylic acids is 1. The van der Waals surface area contributed by atoms with Crippen LogP contribution in [-0.2, 0) is 6.54 Å². The number of halogens is 1. The standard InChI is InChI=1S/C16H24N6O2.HI/c1-2-17-16(19-7-4-11-22-12-5-8-21-22)20-10-9-18-15(23)14-6-3-13-24-14;/h3,5-6,8,12-13H,2,4,7,9-11H2,1H3,(H,18,23)(H2,17,19,20);1H. The molecule has 0 aliphatic heterocycles. The van der Waals surface area contributed by atoms with Crippen molar-refractivity contribution in [3.63, 3.8) is 0 Å². The van der Waals surface area contributed by atoms with Gasteiger partial charge in [-0.3, -0.25) is 14.5 Å². The van der Waals surface area contributed by atoms with Gasteiger partial charge in [-0.2, -0.15) is 5.10 Å². The van der Waals surface area contributed by atoms with E-state index in [0.29, 0.717) is 25.4 Å². The second-order valence-corrected chi connectivity index (χ2v) is 5.04. The molecule has 2 heterocycles. The number of carbonyl (C=O) groups is 1. The summed E-state index contributed by atoms with van der Waals surface area (Å²) in [5.41, 5.74) is 0. The topological polar surface area (TPSA) is 96.5 Å². The number of aryl methyl sites for hydroxylation is 1. The van der Waals surface area contributed by atoms with Crippen LogP contribution in [-0.4, -0.2) is 47.8 Å². The Balaban J connectivity index is 0.00000312. The number of furan rings is 1. The van der Waals surface area contributed by atoms with Gasteiger partial charge in [-0.25, -0.2) is 0 Å². The minimum atomic E-state index is -0.219. The molecule has 0 saturated carbocycles. The van der Waals surface area contributed by atoms with E-state index in [1.54, 1.807) is 18.3 Å². The Morgan fingerprint density at radius 1 is 1.28 bits per heavy atom. The SMILES string of the molecule is CCNC(=NCCCn1cccn1)NCCNC(=O)c1ccco1.I. The normalized spacial score (nSPS) is 10.8. The van der Waals surface area contributed by atoms with Gasteiger partial charge in [-0.05, 0) is 31.5 Å². The molecule has 1 amide bonds. The summed E-state index contributed by atoms with van der Waals surface area (Å²) in [6, 6.07) is 5.23. The largest absolute Gasteiger partial charge is 0.459 e. The molecule has 9 heteroatoms. The summed E-state index contributed by atoms with van der Waals surface area (Å²) in [7, 11) is 0. The maximum atomic E-state index is 11.7. The van der Waals surface area contributed by atoms with Crippen LogP contribution in [0, 0.1) is 0 Å². The predicted octanol–water partition coefficient (Wildman–Crippen LogP) is 1.47. The lowest BCUT2D eigenvalue weighted by Crippen LogP contribution is -2.41. The molecule has 0 atom stereocenters. The summed E-state index contributed by atoms with van der Waals surface area (Å²) in [4.78, 5) is 16.2. The number of aliphatic imine (C=N–C) groups is 1. The van der Waals surface area contributed by atoms with Crippen molar-refractivity contribution in [3.8, 4) is 0 Å². The second-order valence-electron chi connectivity index (χ2n) is 5.04. The number of amides is 1. The van der Waals surface area contributed by atoms with Gasteiger partial charge >= 0.3 is 0 Å². The first-order valence-corrected chi connectivity index (χ1v) is 8.11. The molecule has 0 aliphatic rings. The molecule has 0 aliphatic carbocycles. The van der Waals surface area contributed by atoms with Crippen molar-refractivity contribution in [1.82, 2.24) is 25.7 Å². The monoisotopic (exact) mass is 460 g/mol. The summed E-state index contributed by atoms with van der Waals surface area (Å²) >= 11 is 0. The zero-order valence-corrected chi connectivity index (χ0v) is 16.6. The summed E-state index contributed by atoms with van der Waals surface area (Å²) in [6.45, 7) is 5.40. The molecular formula is C16H25IN6O2. The van der Waals surface area contributed by atoms with E-state index < -0.39 is 0 Å². The molecule has 8 nitrogen and oxygen atoms in total. The van der Waals surface area contributed by atoms with Crippen LogP contribution in [0.15, 0.2) is 46.3 Å². The number of hydrogen-bond acceptors (Lipinski definition) is 4. The lowest BCUT2D eigenvalue weighted by molar-refractivity contribution is 0.0926. The van der Waals surface area contributed by atoms with Crippen molar-refractivity contribution in [2.75, 3.05) is 26.2 Å². The van der Waals surface area contributed by atoms with Crippen LogP contribution in [0.3, 0.4) is 0 Å². The highest BCUT2D eigenvalue weighted by Gasteiger charge is 2.06. The fourth-order valence-corrected chi connectivity index (χ4v) is 2.05. The molecule has 0 radical (unpaired) electrons. The van der Waals surface area contributed by atoms with Crippen LogP contribution in [0.5, 0.6) is 0 Å². The molecule has 2 rings (SSSR count). The summed E-state index contributed by atoms with van der Waals surface area (Å²) in [5, 5.41) is 13.3. The van der Waals surface area contributed by atoms with Gasteiger partial charge in [0.2, 0.25) is 0 Å². The van der Waals surface area contributed by atoms with Gasteiger partial charge in [0.1, 0.15) is 0 Å². The minimum Gasteiger partial charge on any atom is -0.459 e. The second kappa shape index (κ2) is 12.3. The Morgan fingerprint density at radius 2 is 2.12 bits per heavy atom. The number of rotatable bonds is 9. The molecule has 0 fully saturated rings. The van der Waals surface area contributed by atoms with Gasteiger partial charge in [0.25, 0.3) is 5.91 Å². The number of hydrogen-bond donors (Lipinski definition) is 3. The van der Waals surface area contributed by atoms with E-state index in [1.807, 2.05) is 23.9 Å². The van der Waals surface area contributed by atoms with Crippen LogP contribution in [0.1, 0.15) is 23.9 Å². The summed E-state index contributed by atoms with van der Waals surface area (Å²) in [5.74, 6) is 0.836. The summed E-state index contributed by atoms with van der Waals surface area (Å²) in [6.07, 6.45) is 6.10. The Labute approximate surface area is 164 Å². The van der Waals surface area contributed by atoms with E-state index in [0.717, 1.165) is 25.5 Å². The van der Waals surface area contributed by atoms with Crippen LogP contribution >= 0.6 is 24.0 Å². The Kier molecular flexibility index (Phi) is 10.4. The van der Waals surface area contributed by atoms with E-state index in [1.165, 1.54) is 6.26 Å². The molecule has 0 unspecified atom stereocenters. The average molecular weight is 460 g/mol. The van der Waals surface area contributed by atoms with Crippen molar-refractivity contribution in [2.45, 2.75) is 19.9 Å². The van der Waals surface area contributed by atoms with E-state index in [-0.39, 0.29) is 29.9 Å². The molecular weight excluding hydrogens is 435 g/mol. The van der Waals surface area contributed by atoms with E-state index >= 15 is 0 Å². The fraction of sp³-hybridized carbons (Fsp3) is 0.438. The van der Waals surface area contributed by atoms with Gasteiger partial charge in [0.05, 0.1) is 6.26 Å². The Morgan fingerprint density at radius 3 is 2.80 bits per heavy atom. The van der Waals surface area contributed by atoms with E-state index in [9.17, 15) is 4.79 Å². The van der Waals surface area contributed by atoms with Gasteiger partial charge in [-0.15, -0.1) is 24.0 Å². The Hall–Kier alpha value is -2.04. The molecule has 0 saturated heterocycles. The zero-order valence-electron chi connectivity index (χ0n) is 14.3. The molecule has 2 aromatic heterocycles. The Bertz CT molecular complexity index is 613. The zero-order chi connectivity index (χ0) is 17.0. The number of guanidine groups is 1. The molecule has 3 N–H and O–H groups in total. The molecule has 0 bridgehead atoms. The number of aromatic nitrogens is 2. The highest BCUT2D eigenvalue weighted by Crippen LogP contribution is 1.98. The van der Waals surface area contributed by atoms with Crippen molar-refractivity contribution >= 4 is 35.8 Å². The third-order valence-corrected chi connectivity index (χ3v) is 3.17. The van der Waals surface area contributed by atoms with Crippen molar-refractivity contribution in [2.24, 2.45) is 4.99 Å². The third kappa shape index (κ3) is 8.05. The quantitative estimate of drug-likeness (QED) is 0.228. The van der Waals surface area contributed by atoms with Gasteiger partial charge in [-0.1, -0.05) is 0 Å². The first kappa shape index (κ1) is 21.0. The van der Waals surface area contributed by atoms with Crippen LogP contribution < -0.4 is 16.0 Å². The van der Waals surface area contributed by atoms with Gasteiger partial charge in [0, 0.05) is 45.1 Å². The molecule has 138 valence electrons. The van der Waals surface area contributed by atoms with Crippen molar-refractivity contribution in [1.29, 1.82) is 0 Å². The lowest BCUT2D eigenvalue weighted by atomic mass is 10.4. The molecule has 0 aromatic carbocycles.